The number of thioether (sulfide) groups is 1. The molecule has 0 saturated carbocycles. The molecule has 1 heterocycles. The minimum atomic E-state index is -0.336. The molecule has 0 aliphatic carbocycles. The van der Waals surface area contributed by atoms with E-state index in [4.69, 9.17) is 0 Å². The number of benzene rings is 3. The number of amides is 1. The second-order valence-corrected chi connectivity index (χ2v) is 8.42. The number of hydrogen-bond acceptors (Lipinski definition) is 4. The highest BCUT2D eigenvalue weighted by Crippen LogP contribution is 2.19. The van der Waals surface area contributed by atoms with Crippen molar-refractivity contribution in [3.8, 4) is 0 Å². The summed E-state index contributed by atoms with van der Waals surface area (Å²) in [7, 11) is 0. The molecule has 5 nitrogen and oxygen atoms in total. The Morgan fingerprint density at radius 3 is 2.44 bits per heavy atom. The van der Waals surface area contributed by atoms with E-state index in [1.54, 1.807) is 30.3 Å². The Morgan fingerprint density at radius 1 is 1.00 bits per heavy atom. The maximum atomic E-state index is 13.3. The molecular weight excluding hydrogens is 425 g/mol. The highest BCUT2D eigenvalue weighted by atomic mass is 32.2. The molecule has 0 radical (unpaired) electrons. The lowest BCUT2D eigenvalue weighted by Crippen LogP contribution is -2.27. The fourth-order valence-electron chi connectivity index (χ4n) is 3.26. The number of nitrogens with one attached hydrogen (secondary N) is 1. The number of fused-ring (bicyclic) bond motifs is 1. The third-order valence-electron chi connectivity index (χ3n) is 5.02. The quantitative estimate of drug-likeness (QED) is 0.339. The van der Waals surface area contributed by atoms with Gasteiger partial charge in [-0.25, -0.2) is 9.37 Å². The second-order valence-electron chi connectivity index (χ2n) is 7.48. The van der Waals surface area contributed by atoms with E-state index < -0.39 is 0 Å². The largest absolute Gasteiger partial charge is 0.351 e. The van der Waals surface area contributed by atoms with Crippen molar-refractivity contribution in [2.75, 3.05) is 5.75 Å². The maximum absolute atomic E-state index is 13.3. The van der Waals surface area contributed by atoms with Gasteiger partial charge in [-0.2, -0.15) is 0 Å². The van der Waals surface area contributed by atoms with Crippen molar-refractivity contribution in [2.45, 2.75) is 25.2 Å². The van der Waals surface area contributed by atoms with E-state index in [0.717, 1.165) is 16.7 Å². The number of rotatable bonds is 7. The van der Waals surface area contributed by atoms with Crippen LogP contribution in [-0.4, -0.2) is 21.2 Å². The summed E-state index contributed by atoms with van der Waals surface area (Å²) < 4.78 is 14.8. The minimum Gasteiger partial charge on any atom is -0.351 e. The van der Waals surface area contributed by atoms with E-state index in [2.05, 4.69) is 10.3 Å². The lowest BCUT2D eigenvalue weighted by Gasteiger charge is -2.13. The predicted molar refractivity (Wildman–Crippen MR) is 125 cm³/mol. The smallest absolute Gasteiger partial charge is 0.262 e. The fourth-order valence-corrected chi connectivity index (χ4v) is 4.09. The van der Waals surface area contributed by atoms with Crippen LogP contribution in [0.1, 0.15) is 16.7 Å². The molecule has 32 heavy (non-hydrogen) atoms. The van der Waals surface area contributed by atoms with Crippen molar-refractivity contribution in [3.05, 3.63) is 106 Å². The normalized spacial score (nSPS) is 10.9. The topological polar surface area (TPSA) is 64.0 Å². The van der Waals surface area contributed by atoms with Gasteiger partial charge in [0.15, 0.2) is 5.16 Å². The van der Waals surface area contributed by atoms with Gasteiger partial charge < -0.3 is 5.32 Å². The van der Waals surface area contributed by atoms with Crippen LogP contribution in [0.2, 0.25) is 0 Å². The van der Waals surface area contributed by atoms with Gasteiger partial charge in [0, 0.05) is 6.54 Å². The number of halogens is 1. The molecule has 1 N–H and O–H groups in total. The van der Waals surface area contributed by atoms with Crippen molar-refractivity contribution in [3.63, 3.8) is 0 Å². The van der Waals surface area contributed by atoms with Crippen molar-refractivity contribution in [1.29, 1.82) is 0 Å². The van der Waals surface area contributed by atoms with Crippen LogP contribution in [0.5, 0.6) is 0 Å². The van der Waals surface area contributed by atoms with E-state index in [0.29, 0.717) is 22.6 Å². The van der Waals surface area contributed by atoms with Crippen LogP contribution in [0.15, 0.2) is 82.7 Å². The van der Waals surface area contributed by atoms with Gasteiger partial charge in [-0.15, -0.1) is 0 Å². The molecule has 3 aromatic carbocycles. The molecule has 0 bridgehead atoms. The molecule has 7 heteroatoms. The summed E-state index contributed by atoms with van der Waals surface area (Å²) in [6.45, 7) is 2.69. The first-order chi connectivity index (χ1) is 15.5. The van der Waals surface area contributed by atoms with E-state index >= 15 is 0 Å². The predicted octanol–water partition coefficient (Wildman–Crippen LogP) is 4.30. The van der Waals surface area contributed by atoms with Crippen LogP contribution in [-0.2, 0) is 17.9 Å². The number of aromatic nitrogens is 2. The molecule has 0 aliphatic rings. The molecule has 4 aromatic rings. The molecule has 0 spiro atoms. The van der Waals surface area contributed by atoms with Crippen molar-refractivity contribution >= 4 is 28.6 Å². The zero-order valence-corrected chi connectivity index (χ0v) is 18.4. The first kappa shape index (κ1) is 21.8. The molecule has 0 saturated heterocycles. The second kappa shape index (κ2) is 9.78. The molecule has 1 aromatic heterocycles. The summed E-state index contributed by atoms with van der Waals surface area (Å²) in [6, 6.07) is 21.1. The van der Waals surface area contributed by atoms with E-state index in [9.17, 15) is 14.0 Å². The minimum absolute atomic E-state index is 0.125. The number of carbonyl (C=O) groups is 1. The number of para-hydroxylation sites is 1. The van der Waals surface area contributed by atoms with E-state index in [-0.39, 0.29) is 29.6 Å². The highest BCUT2D eigenvalue weighted by Gasteiger charge is 2.14. The molecule has 4 rings (SSSR count). The van der Waals surface area contributed by atoms with Crippen LogP contribution in [0.4, 0.5) is 4.39 Å². The Hall–Kier alpha value is -3.45. The number of hydrogen-bond donors (Lipinski definition) is 1. The van der Waals surface area contributed by atoms with E-state index in [1.165, 1.54) is 28.5 Å². The van der Waals surface area contributed by atoms with Gasteiger partial charge in [-0.3, -0.25) is 14.2 Å². The summed E-state index contributed by atoms with van der Waals surface area (Å²) in [5.41, 5.74) is 3.34. The van der Waals surface area contributed by atoms with Crippen LogP contribution >= 0.6 is 11.8 Å². The van der Waals surface area contributed by atoms with Gasteiger partial charge in [0.2, 0.25) is 5.91 Å². The molecule has 0 fully saturated rings. The Bertz CT molecular complexity index is 1300. The Labute approximate surface area is 189 Å². The summed E-state index contributed by atoms with van der Waals surface area (Å²) in [4.78, 5) is 30.2. The molecular formula is C25H22FN3O2S. The van der Waals surface area contributed by atoms with Gasteiger partial charge in [0.25, 0.3) is 5.56 Å². The van der Waals surface area contributed by atoms with Crippen LogP contribution in [0.3, 0.4) is 0 Å². The maximum Gasteiger partial charge on any atom is 0.262 e. The molecule has 0 unspecified atom stereocenters. The summed E-state index contributed by atoms with van der Waals surface area (Å²) in [5.74, 6) is -0.357. The van der Waals surface area contributed by atoms with Gasteiger partial charge in [0.1, 0.15) is 5.82 Å². The third kappa shape index (κ3) is 5.23. The zero-order chi connectivity index (χ0) is 22.5. The lowest BCUT2D eigenvalue weighted by atomic mass is 10.1. The van der Waals surface area contributed by atoms with Crippen molar-refractivity contribution in [1.82, 2.24) is 14.9 Å². The van der Waals surface area contributed by atoms with Crippen LogP contribution in [0, 0.1) is 12.7 Å². The first-order valence-corrected chi connectivity index (χ1v) is 11.2. The van der Waals surface area contributed by atoms with Crippen LogP contribution in [0.25, 0.3) is 10.9 Å². The summed E-state index contributed by atoms with van der Waals surface area (Å²) >= 11 is 1.21. The van der Waals surface area contributed by atoms with Gasteiger partial charge in [0.05, 0.1) is 23.2 Å². The third-order valence-corrected chi connectivity index (χ3v) is 6.00. The monoisotopic (exact) mass is 447 g/mol. The van der Waals surface area contributed by atoms with E-state index in [1.807, 2.05) is 37.3 Å². The first-order valence-electron chi connectivity index (χ1n) is 10.2. The zero-order valence-electron chi connectivity index (χ0n) is 17.5. The van der Waals surface area contributed by atoms with Crippen LogP contribution < -0.4 is 10.9 Å². The lowest BCUT2D eigenvalue weighted by molar-refractivity contribution is -0.118. The average molecular weight is 448 g/mol. The van der Waals surface area contributed by atoms with Gasteiger partial charge in [-0.1, -0.05) is 65.9 Å². The summed E-state index contributed by atoms with van der Waals surface area (Å²) in [6.07, 6.45) is 0. The van der Waals surface area contributed by atoms with Gasteiger partial charge >= 0.3 is 0 Å². The number of carbonyl (C=O) groups excluding carboxylic acids is 1. The number of nitrogens with zero attached hydrogens (tertiary/aromatic N) is 2. The number of aryl methyl sites for hydroxylation is 1. The average Bonchev–Trinajstić information content (AvgIpc) is 2.80. The van der Waals surface area contributed by atoms with Gasteiger partial charge in [-0.05, 0) is 42.3 Å². The van der Waals surface area contributed by atoms with Crippen molar-refractivity contribution < 1.29 is 9.18 Å². The SMILES string of the molecule is Cc1ccc(CNC(=O)CSc2nc3ccccc3c(=O)n2Cc2ccc(F)cc2)cc1. The fraction of sp³-hybridized carbons (Fsp3) is 0.160. The molecule has 0 atom stereocenters. The Balaban J connectivity index is 1.53. The molecule has 162 valence electrons. The Morgan fingerprint density at radius 2 is 1.69 bits per heavy atom. The molecule has 1 amide bonds. The molecule has 0 aliphatic heterocycles. The van der Waals surface area contributed by atoms with Crippen molar-refractivity contribution in [2.24, 2.45) is 0 Å². The summed E-state index contributed by atoms with van der Waals surface area (Å²) in [5, 5.41) is 3.85. The Kier molecular flexibility index (Phi) is 6.66. The highest BCUT2D eigenvalue weighted by molar-refractivity contribution is 7.99. The standard InChI is InChI=1S/C25H22FN3O2S/c1-17-6-8-18(9-7-17)14-27-23(30)16-32-25-28-22-5-3-2-4-21(22)24(31)29(25)15-19-10-12-20(26)13-11-19/h2-13H,14-16H2,1H3,(H,27,30).